The summed E-state index contributed by atoms with van der Waals surface area (Å²) in [5.74, 6) is -1.93. The van der Waals surface area contributed by atoms with Crippen molar-refractivity contribution in [3.05, 3.63) is 52.5 Å². The van der Waals surface area contributed by atoms with Gasteiger partial charge in [-0.2, -0.15) is 4.31 Å². The first kappa shape index (κ1) is 21.0. The molecule has 146 valence electrons. The Morgan fingerprint density at radius 3 is 2.52 bits per heavy atom. The van der Waals surface area contributed by atoms with Crippen LogP contribution in [0.4, 0.5) is 4.39 Å². The Morgan fingerprint density at radius 2 is 1.93 bits per heavy atom. The van der Waals surface area contributed by atoms with Crippen LogP contribution < -0.4 is 5.32 Å². The van der Waals surface area contributed by atoms with Crippen LogP contribution in [0.25, 0.3) is 0 Å². The topological polar surface area (TPSA) is 92.8 Å². The van der Waals surface area contributed by atoms with Crippen LogP contribution >= 0.6 is 11.3 Å². The zero-order valence-electron chi connectivity index (χ0n) is 14.7. The highest BCUT2D eigenvalue weighted by Gasteiger charge is 2.25. The van der Waals surface area contributed by atoms with Crippen LogP contribution in [0, 0.1) is 5.82 Å². The summed E-state index contributed by atoms with van der Waals surface area (Å²) in [6.45, 7) is 1.13. The third-order valence-electron chi connectivity index (χ3n) is 3.57. The lowest BCUT2D eigenvalue weighted by Crippen LogP contribution is -2.39. The van der Waals surface area contributed by atoms with E-state index < -0.39 is 40.4 Å². The third-order valence-corrected chi connectivity index (χ3v) is 6.26. The molecule has 0 saturated heterocycles. The number of halogens is 1. The molecule has 7 nitrogen and oxygen atoms in total. The van der Waals surface area contributed by atoms with Gasteiger partial charge in [0.2, 0.25) is 10.0 Å². The number of amides is 1. The lowest BCUT2D eigenvalue weighted by Gasteiger charge is -2.18. The largest absolute Gasteiger partial charge is 0.452 e. The van der Waals surface area contributed by atoms with Crippen molar-refractivity contribution >= 4 is 33.2 Å². The maximum Gasteiger partial charge on any atom is 0.322 e. The summed E-state index contributed by atoms with van der Waals surface area (Å²) in [5.41, 5.74) is 0. The van der Waals surface area contributed by atoms with Gasteiger partial charge in [-0.1, -0.05) is 6.07 Å². The summed E-state index contributed by atoms with van der Waals surface area (Å²) in [5, 5.41) is 4.51. The molecule has 0 unspecified atom stereocenters. The van der Waals surface area contributed by atoms with Gasteiger partial charge in [-0.15, -0.1) is 11.3 Å². The summed E-state index contributed by atoms with van der Waals surface area (Å²) < 4.78 is 43.4. The summed E-state index contributed by atoms with van der Waals surface area (Å²) in [4.78, 5) is 24.7. The number of sulfonamides is 1. The molecule has 1 heterocycles. The fourth-order valence-corrected chi connectivity index (χ4v) is 3.83. The van der Waals surface area contributed by atoms with Gasteiger partial charge in [0.1, 0.15) is 12.4 Å². The van der Waals surface area contributed by atoms with Gasteiger partial charge in [-0.05, 0) is 42.6 Å². The number of thiophene rings is 1. The molecule has 0 aliphatic rings. The van der Waals surface area contributed by atoms with Gasteiger partial charge in [0, 0.05) is 11.9 Å². The Kier molecular flexibility index (Phi) is 7.05. The number of nitrogens with zero attached hydrogens (tertiary/aromatic N) is 1. The molecule has 0 aliphatic carbocycles. The maximum atomic E-state index is 12.9. The Morgan fingerprint density at radius 1 is 1.26 bits per heavy atom. The van der Waals surface area contributed by atoms with E-state index >= 15 is 0 Å². The number of likely N-dealkylation sites (N-methyl/N-ethyl adjacent to an activating group) is 1. The number of hydrogen-bond acceptors (Lipinski definition) is 6. The molecule has 1 amide bonds. The smallest absolute Gasteiger partial charge is 0.322 e. The third kappa shape index (κ3) is 5.84. The zero-order valence-corrected chi connectivity index (χ0v) is 16.3. The number of carbonyl (C=O) groups excluding carboxylic acids is 2. The molecule has 0 bridgehead atoms. The molecular weight excluding hydrogens is 395 g/mol. The van der Waals surface area contributed by atoms with E-state index in [-0.39, 0.29) is 4.90 Å². The number of hydrogen-bond donors (Lipinski definition) is 1. The van der Waals surface area contributed by atoms with E-state index in [1.54, 1.807) is 0 Å². The van der Waals surface area contributed by atoms with Gasteiger partial charge in [0.15, 0.2) is 6.10 Å². The first-order valence-electron chi connectivity index (χ1n) is 7.91. The number of nitrogens with one attached hydrogen (secondary N) is 1. The monoisotopic (exact) mass is 414 g/mol. The van der Waals surface area contributed by atoms with E-state index in [4.69, 9.17) is 4.74 Å². The molecule has 10 heteroatoms. The molecule has 2 aromatic rings. The van der Waals surface area contributed by atoms with Crippen LogP contribution in [-0.2, 0) is 30.9 Å². The molecule has 0 spiro atoms. The minimum absolute atomic E-state index is 0.152. The Balaban J connectivity index is 1.87. The molecule has 0 saturated carbocycles. The molecule has 0 radical (unpaired) electrons. The van der Waals surface area contributed by atoms with Gasteiger partial charge in [-0.25, -0.2) is 12.8 Å². The van der Waals surface area contributed by atoms with Crippen molar-refractivity contribution in [1.82, 2.24) is 9.62 Å². The number of ether oxygens (including phenoxy) is 1. The Labute approximate surface area is 160 Å². The summed E-state index contributed by atoms with van der Waals surface area (Å²) in [6, 6.07) is 7.95. The second-order valence-electron chi connectivity index (χ2n) is 5.64. The Hall–Kier alpha value is -2.30. The lowest BCUT2D eigenvalue weighted by molar-refractivity contribution is -0.154. The Bertz CT molecular complexity index is 883. The second-order valence-corrected chi connectivity index (χ2v) is 8.72. The molecule has 27 heavy (non-hydrogen) atoms. The highest BCUT2D eigenvalue weighted by molar-refractivity contribution is 7.89. The van der Waals surface area contributed by atoms with E-state index in [0.29, 0.717) is 6.54 Å². The van der Waals surface area contributed by atoms with Crippen LogP contribution in [0.5, 0.6) is 0 Å². The molecule has 1 atom stereocenters. The van der Waals surface area contributed by atoms with E-state index in [1.165, 1.54) is 25.3 Å². The summed E-state index contributed by atoms with van der Waals surface area (Å²) in [7, 11) is -2.78. The predicted molar refractivity (Wildman–Crippen MR) is 97.9 cm³/mol. The summed E-state index contributed by atoms with van der Waals surface area (Å²) >= 11 is 1.48. The average Bonchev–Trinajstić information content (AvgIpc) is 3.13. The SMILES string of the molecule is C[C@H](OC(=O)CN(C)S(=O)(=O)c1ccc(F)cc1)C(=O)NCc1cccs1. The summed E-state index contributed by atoms with van der Waals surface area (Å²) in [6.07, 6.45) is -1.07. The standard InChI is InChI=1S/C17H19FN2O5S2/c1-12(17(22)19-10-14-4-3-9-26-14)25-16(21)11-20(2)27(23,24)15-7-5-13(18)6-8-15/h3-9,12H,10-11H2,1-2H3,(H,19,22)/t12-/m0/s1. The molecule has 2 rings (SSSR count). The number of esters is 1. The van der Waals surface area contributed by atoms with E-state index in [1.807, 2.05) is 17.5 Å². The van der Waals surface area contributed by atoms with Crippen molar-refractivity contribution in [2.24, 2.45) is 0 Å². The maximum absolute atomic E-state index is 12.9. The zero-order chi connectivity index (χ0) is 20.0. The van der Waals surface area contributed by atoms with Gasteiger partial charge >= 0.3 is 5.97 Å². The number of rotatable bonds is 8. The van der Waals surface area contributed by atoms with E-state index in [2.05, 4.69) is 5.32 Å². The molecule has 1 aromatic heterocycles. The fraction of sp³-hybridized carbons (Fsp3) is 0.294. The van der Waals surface area contributed by atoms with Crippen molar-refractivity contribution in [2.45, 2.75) is 24.5 Å². The van der Waals surface area contributed by atoms with E-state index in [0.717, 1.165) is 33.4 Å². The van der Waals surface area contributed by atoms with Crippen molar-refractivity contribution in [2.75, 3.05) is 13.6 Å². The molecule has 0 aliphatic heterocycles. The van der Waals surface area contributed by atoms with Crippen LogP contribution in [0.1, 0.15) is 11.8 Å². The first-order valence-corrected chi connectivity index (χ1v) is 10.2. The number of carbonyl (C=O) groups is 2. The quantitative estimate of drug-likeness (QED) is 0.665. The minimum Gasteiger partial charge on any atom is -0.452 e. The van der Waals surface area contributed by atoms with Gasteiger partial charge in [-0.3, -0.25) is 9.59 Å². The lowest BCUT2D eigenvalue weighted by atomic mass is 10.3. The minimum atomic E-state index is -3.98. The second kappa shape index (κ2) is 9.07. The van der Waals surface area contributed by atoms with Crippen molar-refractivity contribution in [1.29, 1.82) is 0 Å². The van der Waals surface area contributed by atoms with Crippen LogP contribution in [0.3, 0.4) is 0 Å². The molecule has 0 fully saturated rings. The van der Waals surface area contributed by atoms with Crippen molar-refractivity contribution in [3.63, 3.8) is 0 Å². The van der Waals surface area contributed by atoms with E-state index in [9.17, 15) is 22.4 Å². The van der Waals surface area contributed by atoms with Crippen molar-refractivity contribution < 1.29 is 27.1 Å². The average molecular weight is 414 g/mol. The van der Waals surface area contributed by atoms with Gasteiger partial charge in [0.25, 0.3) is 5.91 Å². The fourth-order valence-electron chi connectivity index (χ4n) is 2.07. The molecular formula is C17H19FN2O5S2. The van der Waals surface area contributed by atoms with Crippen molar-refractivity contribution in [3.8, 4) is 0 Å². The first-order chi connectivity index (χ1) is 12.7. The highest BCUT2D eigenvalue weighted by atomic mass is 32.2. The van der Waals surface area contributed by atoms with Gasteiger partial charge < -0.3 is 10.1 Å². The highest BCUT2D eigenvalue weighted by Crippen LogP contribution is 2.15. The van der Waals surface area contributed by atoms with Crippen LogP contribution in [0.2, 0.25) is 0 Å². The molecule has 1 aromatic carbocycles. The molecule has 1 N–H and O–H groups in total. The number of benzene rings is 1. The normalized spacial score (nSPS) is 12.6. The van der Waals surface area contributed by atoms with Crippen LogP contribution in [-0.4, -0.2) is 44.3 Å². The predicted octanol–water partition coefficient (Wildman–Crippen LogP) is 1.76. The van der Waals surface area contributed by atoms with Crippen LogP contribution in [0.15, 0.2) is 46.7 Å². The van der Waals surface area contributed by atoms with Gasteiger partial charge in [0.05, 0.1) is 11.4 Å².